The van der Waals surface area contributed by atoms with Gasteiger partial charge < -0.3 is 10.1 Å². The molecule has 0 saturated heterocycles. The quantitative estimate of drug-likeness (QED) is 0.297. The monoisotopic (exact) mass is 473 g/mol. The Hall–Kier alpha value is -3.58. The number of carbonyl (C=O) groups excluding carboxylic acids is 1. The Bertz CT molecular complexity index is 1390. The maximum absolute atomic E-state index is 13.6. The summed E-state index contributed by atoms with van der Waals surface area (Å²) in [7, 11) is 1.61. The Morgan fingerprint density at radius 2 is 1.82 bits per heavy atom. The van der Waals surface area contributed by atoms with Crippen molar-refractivity contribution in [3.8, 4) is 11.4 Å². The van der Waals surface area contributed by atoms with Crippen LogP contribution in [0.3, 0.4) is 0 Å². The van der Waals surface area contributed by atoms with E-state index in [1.807, 2.05) is 50.2 Å². The Morgan fingerprint density at radius 1 is 1.09 bits per heavy atom. The van der Waals surface area contributed by atoms with Crippen LogP contribution in [0, 0.1) is 6.92 Å². The largest absolute Gasteiger partial charge is 0.497 e. The fourth-order valence-corrected chi connectivity index (χ4v) is 4.71. The number of benzene rings is 3. The summed E-state index contributed by atoms with van der Waals surface area (Å²) in [5, 5.41) is 3.90. The first-order valence-corrected chi connectivity index (χ1v) is 12.1. The standard InChI is InChI=1S/C27H27N3O3S/c1-17(2)28-25(31)19-9-14-23-24(15-19)29-27(34-16-20-8-6-5-7-18(20)3)30(26(23)32)21-10-12-22(33-4)13-11-21/h5-15,17H,16H2,1-4H3,(H,28,31). The molecule has 0 aliphatic carbocycles. The Morgan fingerprint density at radius 3 is 2.50 bits per heavy atom. The molecule has 0 unspecified atom stereocenters. The lowest BCUT2D eigenvalue weighted by atomic mass is 10.1. The Labute approximate surface area is 203 Å². The normalized spacial score (nSPS) is 11.1. The minimum absolute atomic E-state index is 0.0134. The van der Waals surface area contributed by atoms with E-state index in [1.165, 1.54) is 22.9 Å². The van der Waals surface area contributed by atoms with Crippen LogP contribution in [0.5, 0.6) is 5.75 Å². The van der Waals surface area contributed by atoms with Crippen molar-refractivity contribution in [2.75, 3.05) is 7.11 Å². The number of hydrogen-bond donors (Lipinski definition) is 1. The van der Waals surface area contributed by atoms with Crippen LogP contribution in [0.4, 0.5) is 0 Å². The second-order valence-corrected chi connectivity index (χ2v) is 9.25. The van der Waals surface area contributed by atoms with Gasteiger partial charge in [-0.3, -0.25) is 14.2 Å². The predicted molar refractivity (Wildman–Crippen MR) is 137 cm³/mol. The zero-order valence-corrected chi connectivity index (χ0v) is 20.5. The molecule has 1 amide bonds. The predicted octanol–water partition coefficient (Wildman–Crippen LogP) is 5.13. The zero-order chi connectivity index (χ0) is 24.2. The first kappa shape index (κ1) is 23.6. The number of thioether (sulfide) groups is 1. The van der Waals surface area contributed by atoms with Crippen LogP contribution in [0.1, 0.15) is 35.3 Å². The van der Waals surface area contributed by atoms with Crippen LogP contribution in [-0.4, -0.2) is 28.6 Å². The number of fused-ring (bicyclic) bond motifs is 1. The van der Waals surface area contributed by atoms with E-state index in [2.05, 4.69) is 24.4 Å². The number of nitrogens with zero attached hydrogens (tertiary/aromatic N) is 2. The molecule has 0 bridgehead atoms. The molecule has 0 spiro atoms. The minimum atomic E-state index is -0.188. The first-order chi connectivity index (χ1) is 16.4. The van der Waals surface area contributed by atoms with Crippen LogP contribution in [0.2, 0.25) is 0 Å². The molecule has 7 heteroatoms. The van der Waals surface area contributed by atoms with E-state index in [-0.39, 0.29) is 17.5 Å². The number of aromatic nitrogens is 2. The van der Waals surface area contributed by atoms with E-state index in [4.69, 9.17) is 9.72 Å². The molecular weight excluding hydrogens is 446 g/mol. The molecule has 3 aromatic carbocycles. The van der Waals surface area contributed by atoms with Crippen molar-refractivity contribution in [3.05, 3.63) is 93.8 Å². The van der Waals surface area contributed by atoms with Gasteiger partial charge in [-0.2, -0.15) is 0 Å². The number of ether oxygens (including phenoxy) is 1. The van der Waals surface area contributed by atoms with Gasteiger partial charge in [-0.1, -0.05) is 36.0 Å². The van der Waals surface area contributed by atoms with Crippen LogP contribution in [0.15, 0.2) is 76.7 Å². The smallest absolute Gasteiger partial charge is 0.266 e. The molecule has 0 atom stereocenters. The Balaban J connectivity index is 1.83. The summed E-state index contributed by atoms with van der Waals surface area (Å²) in [5.74, 6) is 1.18. The zero-order valence-electron chi connectivity index (χ0n) is 19.7. The molecule has 0 aliphatic heterocycles. The van der Waals surface area contributed by atoms with Gasteiger partial charge in [0.2, 0.25) is 0 Å². The van der Waals surface area contributed by atoms with Gasteiger partial charge in [0.25, 0.3) is 11.5 Å². The molecular formula is C27H27N3O3S. The van der Waals surface area contributed by atoms with E-state index in [1.54, 1.807) is 29.9 Å². The molecule has 0 fully saturated rings. The van der Waals surface area contributed by atoms with Crippen LogP contribution >= 0.6 is 11.8 Å². The van der Waals surface area contributed by atoms with E-state index in [9.17, 15) is 9.59 Å². The van der Waals surface area contributed by atoms with E-state index in [0.29, 0.717) is 38.8 Å². The third-order valence-corrected chi connectivity index (χ3v) is 6.46. The van der Waals surface area contributed by atoms with Crippen molar-refractivity contribution in [3.63, 3.8) is 0 Å². The second kappa shape index (κ2) is 10.1. The highest BCUT2D eigenvalue weighted by Crippen LogP contribution is 2.27. The molecule has 34 heavy (non-hydrogen) atoms. The fraction of sp³-hybridized carbons (Fsp3) is 0.222. The van der Waals surface area contributed by atoms with Crippen molar-refractivity contribution in [2.24, 2.45) is 0 Å². The molecule has 1 aromatic heterocycles. The molecule has 1 N–H and O–H groups in total. The fourth-order valence-electron chi connectivity index (χ4n) is 3.62. The first-order valence-electron chi connectivity index (χ1n) is 11.1. The SMILES string of the molecule is COc1ccc(-n2c(SCc3ccccc3C)nc3cc(C(=O)NC(C)C)ccc3c2=O)cc1. The van der Waals surface area contributed by atoms with Crippen molar-refractivity contribution in [2.45, 2.75) is 37.7 Å². The number of amides is 1. The van der Waals surface area contributed by atoms with Gasteiger partial charge >= 0.3 is 0 Å². The third-order valence-electron chi connectivity index (χ3n) is 5.47. The highest BCUT2D eigenvalue weighted by Gasteiger charge is 2.16. The van der Waals surface area contributed by atoms with Gasteiger partial charge in [-0.25, -0.2) is 4.98 Å². The number of methoxy groups -OCH3 is 1. The van der Waals surface area contributed by atoms with E-state index < -0.39 is 0 Å². The van der Waals surface area contributed by atoms with Gasteiger partial charge in [0.15, 0.2) is 5.16 Å². The molecule has 0 aliphatic rings. The molecule has 0 saturated carbocycles. The van der Waals surface area contributed by atoms with E-state index in [0.717, 1.165) is 0 Å². The number of hydrogen-bond acceptors (Lipinski definition) is 5. The second-order valence-electron chi connectivity index (χ2n) is 8.31. The molecule has 1 heterocycles. The van der Waals surface area contributed by atoms with Gasteiger partial charge in [0, 0.05) is 17.4 Å². The van der Waals surface area contributed by atoms with Crippen LogP contribution < -0.4 is 15.6 Å². The number of nitrogens with one attached hydrogen (secondary N) is 1. The highest BCUT2D eigenvalue weighted by atomic mass is 32.2. The summed E-state index contributed by atoms with van der Waals surface area (Å²) in [4.78, 5) is 31.0. The maximum atomic E-state index is 13.6. The van der Waals surface area contributed by atoms with Gasteiger partial charge in [-0.15, -0.1) is 0 Å². The molecule has 6 nitrogen and oxygen atoms in total. The summed E-state index contributed by atoms with van der Waals surface area (Å²) < 4.78 is 6.89. The molecule has 4 rings (SSSR count). The van der Waals surface area contributed by atoms with Crippen LogP contribution in [-0.2, 0) is 5.75 Å². The van der Waals surface area contributed by atoms with Crippen LogP contribution in [0.25, 0.3) is 16.6 Å². The number of rotatable bonds is 7. The number of carbonyl (C=O) groups is 1. The van der Waals surface area contributed by atoms with E-state index >= 15 is 0 Å². The lowest BCUT2D eigenvalue weighted by Crippen LogP contribution is -2.30. The van der Waals surface area contributed by atoms with Crippen molar-refractivity contribution in [1.29, 1.82) is 0 Å². The summed E-state index contributed by atoms with van der Waals surface area (Å²) in [6.07, 6.45) is 0. The van der Waals surface area contributed by atoms with Crippen molar-refractivity contribution in [1.82, 2.24) is 14.9 Å². The highest BCUT2D eigenvalue weighted by molar-refractivity contribution is 7.98. The summed E-state index contributed by atoms with van der Waals surface area (Å²) >= 11 is 1.49. The lowest BCUT2D eigenvalue weighted by Gasteiger charge is -2.15. The lowest BCUT2D eigenvalue weighted by molar-refractivity contribution is 0.0943. The maximum Gasteiger partial charge on any atom is 0.266 e. The third kappa shape index (κ3) is 4.99. The summed E-state index contributed by atoms with van der Waals surface area (Å²) in [6.45, 7) is 5.88. The topological polar surface area (TPSA) is 73.2 Å². The Kier molecular flexibility index (Phi) is 7.03. The minimum Gasteiger partial charge on any atom is -0.497 e. The van der Waals surface area contributed by atoms with Gasteiger partial charge in [0.1, 0.15) is 5.75 Å². The van der Waals surface area contributed by atoms with Gasteiger partial charge in [-0.05, 0) is 74.4 Å². The number of aryl methyl sites for hydroxylation is 1. The molecule has 4 aromatic rings. The van der Waals surface area contributed by atoms with Gasteiger partial charge in [0.05, 0.1) is 23.7 Å². The molecule has 174 valence electrons. The van der Waals surface area contributed by atoms with Crippen molar-refractivity contribution >= 4 is 28.6 Å². The molecule has 0 radical (unpaired) electrons. The summed E-state index contributed by atoms with van der Waals surface area (Å²) in [6, 6.07) is 20.5. The average molecular weight is 474 g/mol. The van der Waals surface area contributed by atoms with Crippen molar-refractivity contribution < 1.29 is 9.53 Å². The average Bonchev–Trinajstić information content (AvgIpc) is 2.83. The summed E-state index contributed by atoms with van der Waals surface area (Å²) in [5.41, 5.74) is 3.85.